The maximum atomic E-state index is 11.3. The van der Waals surface area contributed by atoms with Gasteiger partial charge in [0.05, 0.1) is 12.6 Å². The molecule has 1 N–H and O–H groups in total. The minimum absolute atomic E-state index is 0.0570. The van der Waals surface area contributed by atoms with E-state index in [1.807, 2.05) is 6.92 Å². The minimum Gasteiger partial charge on any atom is -0.466 e. The Bertz CT molecular complexity index is 452. The molecule has 0 amide bonds. The van der Waals surface area contributed by atoms with E-state index in [-0.39, 0.29) is 5.97 Å². The van der Waals surface area contributed by atoms with Gasteiger partial charge in [0.15, 0.2) is 5.96 Å². The van der Waals surface area contributed by atoms with Crippen LogP contribution < -0.4 is 5.32 Å². The van der Waals surface area contributed by atoms with Gasteiger partial charge in [0.25, 0.3) is 0 Å². The molecule has 0 unspecified atom stereocenters. The molecule has 0 spiro atoms. The average molecular weight is 321 g/mol. The van der Waals surface area contributed by atoms with E-state index < -0.39 is 0 Å². The normalized spacial score (nSPS) is 32.1. The molecular formula is C18H31N3O2. The summed E-state index contributed by atoms with van der Waals surface area (Å²) in [5.41, 5.74) is 0. The third-order valence-electron chi connectivity index (χ3n) is 5.36. The number of carbonyl (C=O) groups excluding carboxylic acids is 1. The molecule has 2 fully saturated rings. The Morgan fingerprint density at radius 2 is 2.09 bits per heavy atom. The standard InChI is InChI=1S/C18H31N3O2/c1-3-6-17(22)23-10-5-4-7-14-12-16-9-8-15-11-13(2)19-18(20-14)21(15)16/h13-16H,3-12H2,1-2H3,(H,19,20)/t13-,14+,15+,16-/m1/s1. The van der Waals surface area contributed by atoms with Crippen molar-refractivity contribution in [3.63, 3.8) is 0 Å². The van der Waals surface area contributed by atoms with Crippen molar-refractivity contribution < 1.29 is 9.53 Å². The summed E-state index contributed by atoms with van der Waals surface area (Å²) in [7, 11) is 0. The molecular weight excluding hydrogens is 290 g/mol. The van der Waals surface area contributed by atoms with Gasteiger partial charge in [-0.1, -0.05) is 6.92 Å². The van der Waals surface area contributed by atoms with Crippen LogP contribution in [0.3, 0.4) is 0 Å². The Morgan fingerprint density at radius 1 is 1.30 bits per heavy atom. The number of esters is 1. The van der Waals surface area contributed by atoms with Crippen LogP contribution >= 0.6 is 0 Å². The second-order valence-electron chi connectivity index (χ2n) is 7.38. The first-order valence-corrected chi connectivity index (χ1v) is 9.45. The Balaban J connectivity index is 1.43. The van der Waals surface area contributed by atoms with Crippen LogP contribution in [0.1, 0.15) is 71.6 Å². The number of guanidine groups is 1. The molecule has 0 aromatic heterocycles. The van der Waals surface area contributed by atoms with Crippen molar-refractivity contribution in [1.29, 1.82) is 0 Å². The average Bonchev–Trinajstić information content (AvgIpc) is 2.91. The topological polar surface area (TPSA) is 53.9 Å². The van der Waals surface area contributed by atoms with E-state index in [0.717, 1.165) is 31.6 Å². The van der Waals surface area contributed by atoms with Crippen LogP contribution in [0.25, 0.3) is 0 Å². The van der Waals surface area contributed by atoms with Crippen molar-refractivity contribution in [2.75, 3.05) is 6.61 Å². The van der Waals surface area contributed by atoms with Gasteiger partial charge >= 0.3 is 5.97 Å². The second-order valence-corrected chi connectivity index (χ2v) is 7.38. The molecule has 0 radical (unpaired) electrons. The molecule has 0 bridgehead atoms. The molecule has 0 aromatic rings. The van der Waals surface area contributed by atoms with E-state index in [9.17, 15) is 4.79 Å². The highest BCUT2D eigenvalue weighted by Gasteiger charge is 2.43. The summed E-state index contributed by atoms with van der Waals surface area (Å²) in [5.74, 6) is 1.10. The summed E-state index contributed by atoms with van der Waals surface area (Å²) in [4.78, 5) is 18.9. The van der Waals surface area contributed by atoms with Crippen LogP contribution in [0.2, 0.25) is 0 Å². The van der Waals surface area contributed by atoms with Gasteiger partial charge in [-0.2, -0.15) is 0 Å². The van der Waals surface area contributed by atoms with Gasteiger partial charge in [-0.3, -0.25) is 4.79 Å². The van der Waals surface area contributed by atoms with E-state index in [2.05, 4.69) is 17.1 Å². The number of unbranched alkanes of at least 4 members (excludes halogenated alkanes) is 1. The smallest absolute Gasteiger partial charge is 0.305 e. The number of ether oxygens (including phenoxy) is 1. The number of hydrogen-bond acceptors (Lipinski definition) is 5. The number of aliphatic imine (C=N–C) groups is 1. The lowest BCUT2D eigenvalue weighted by atomic mass is 9.98. The van der Waals surface area contributed by atoms with Crippen molar-refractivity contribution in [3.05, 3.63) is 0 Å². The van der Waals surface area contributed by atoms with Crippen LogP contribution in [0, 0.1) is 0 Å². The predicted molar refractivity (Wildman–Crippen MR) is 91.4 cm³/mol. The third-order valence-corrected chi connectivity index (χ3v) is 5.36. The Labute approximate surface area is 139 Å². The zero-order valence-corrected chi connectivity index (χ0v) is 14.6. The highest BCUT2D eigenvalue weighted by molar-refractivity contribution is 5.83. The quantitative estimate of drug-likeness (QED) is 0.579. The van der Waals surface area contributed by atoms with E-state index in [1.54, 1.807) is 0 Å². The number of carbonyl (C=O) groups is 1. The van der Waals surface area contributed by atoms with Gasteiger partial charge in [0.2, 0.25) is 0 Å². The summed E-state index contributed by atoms with van der Waals surface area (Å²) < 4.78 is 5.23. The minimum atomic E-state index is -0.0570. The van der Waals surface area contributed by atoms with E-state index in [1.165, 1.54) is 25.7 Å². The molecule has 0 aromatic carbocycles. The van der Waals surface area contributed by atoms with Crippen LogP contribution in [0.5, 0.6) is 0 Å². The van der Waals surface area contributed by atoms with Crippen molar-refractivity contribution in [2.24, 2.45) is 4.99 Å². The SMILES string of the molecule is CCCC(=O)OCCCC[C@H]1C[C@H]2CC[C@H]3C[C@@H](C)NC(=N1)N23. The van der Waals surface area contributed by atoms with Crippen molar-refractivity contribution in [3.8, 4) is 0 Å². The molecule has 23 heavy (non-hydrogen) atoms. The van der Waals surface area contributed by atoms with E-state index in [0.29, 0.717) is 37.2 Å². The first-order valence-electron chi connectivity index (χ1n) is 9.45. The molecule has 3 heterocycles. The fraction of sp³-hybridized carbons (Fsp3) is 0.889. The van der Waals surface area contributed by atoms with Crippen LogP contribution in [-0.4, -0.2) is 47.6 Å². The zero-order chi connectivity index (χ0) is 16.2. The Hall–Kier alpha value is -1.26. The summed E-state index contributed by atoms with van der Waals surface area (Å²) in [6.07, 6.45) is 9.67. The molecule has 5 heteroatoms. The zero-order valence-electron chi connectivity index (χ0n) is 14.6. The Kier molecular flexibility index (Phi) is 5.44. The van der Waals surface area contributed by atoms with Gasteiger partial charge in [-0.25, -0.2) is 4.99 Å². The number of nitrogens with one attached hydrogen (secondary N) is 1. The lowest BCUT2D eigenvalue weighted by Crippen LogP contribution is -2.59. The molecule has 0 saturated carbocycles. The first-order chi connectivity index (χ1) is 11.2. The van der Waals surface area contributed by atoms with Gasteiger partial charge in [-0.15, -0.1) is 0 Å². The third kappa shape index (κ3) is 3.99. The molecule has 3 rings (SSSR count). The molecule has 4 atom stereocenters. The maximum Gasteiger partial charge on any atom is 0.305 e. The maximum absolute atomic E-state index is 11.3. The van der Waals surface area contributed by atoms with Gasteiger partial charge in [0, 0.05) is 24.5 Å². The highest BCUT2D eigenvalue weighted by Crippen LogP contribution is 2.36. The predicted octanol–water partition coefficient (Wildman–Crippen LogP) is 2.84. The molecule has 3 aliphatic rings. The van der Waals surface area contributed by atoms with Gasteiger partial charge in [0.1, 0.15) is 0 Å². The summed E-state index contributed by atoms with van der Waals surface area (Å²) in [6, 6.07) is 2.40. The monoisotopic (exact) mass is 321 g/mol. The summed E-state index contributed by atoms with van der Waals surface area (Å²) >= 11 is 0. The molecule has 5 nitrogen and oxygen atoms in total. The van der Waals surface area contributed by atoms with Crippen LogP contribution in [-0.2, 0) is 9.53 Å². The Morgan fingerprint density at radius 3 is 2.87 bits per heavy atom. The lowest BCUT2D eigenvalue weighted by Gasteiger charge is -2.44. The van der Waals surface area contributed by atoms with Crippen LogP contribution in [0.4, 0.5) is 0 Å². The van der Waals surface area contributed by atoms with Gasteiger partial charge in [-0.05, 0) is 58.3 Å². The number of nitrogens with zero attached hydrogens (tertiary/aromatic N) is 2. The fourth-order valence-electron chi connectivity index (χ4n) is 4.30. The highest BCUT2D eigenvalue weighted by atomic mass is 16.5. The van der Waals surface area contributed by atoms with Crippen molar-refractivity contribution >= 4 is 11.9 Å². The lowest BCUT2D eigenvalue weighted by molar-refractivity contribution is -0.143. The first kappa shape index (κ1) is 16.6. The molecule has 130 valence electrons. The molecule has 2 saturated heterocycles. The second kappa shape index (κ2) is 7.54. The molecule has 0 aliphatic carbocycles. The fourth-order valence-corrected chi connectivity index (χ4v) is 4.30. The summed E-state index contributed by atoms with van der Waals surface area (Å²) in [5, 5.41) is 3.59. The largest absolute Gasteiger partial charge is 0.466 e. The summed E-state index contributed by atoms with van der Waals surface area (Å²) in [6.45, 7) is 4.83. The van der Waals surface area contributed by atoms with Crippen LogP contribution in [0.15, 0.2) is 4.99 Å². The van der Waals surface area contributed by atoms with E-state index in [4.69, 9.17) is 9.73 Å². The number of hydrogen-bond donors (Lipinski definition) is 1. The van der Waals surface area contributed by atoms with Gasteiger partial charge < -0.3 is 15.0 Å². The molecule has 3 aliphatic heterocycles. The van der Waals surface area contributed by atoms with Crippen molar-refractivity contribution in [2.45, 2.75) is 95.8 Å². The number of rotatable bonds is 7. The van der Waals surface area contributed by atoms with E-state index >= 15 is 0 Å². The van der Waals surface area contributed by atoms with Crippen molar-refractivity contribution in [1.82, 2.24) is 10.2 Å².